The number of furan rings is 1. The molecule has 20 heavy (non-hydrogen) atoms. The maximum absolute atomic E-state index is 11.6. The first-order valence-electron chi connectivity index (χ1n) is 5.54. The van der Waals surface area contributed by atoms with Crippen molar-refractivity contribution in [1.29, 1.82) is 0 Å². The van der Waals surface area contributed by atoms with Gasteiger partial charge >= 0.3 is 5.88 Å². The third-order valence-electron chi connectivity index (χ3n) is 2.32. The Kier molecular flexibility index (Phi) is 4.17. The molecule has 7 heteroatoms. The van der Waals surface area contributed by atoms with Crippen molar-refractivity contribution < 1.29 is 14.1 Å². The minimum absolute atomic E-state index is 0.214. The molecule has 102 valence electrons. The fraction of sp³-hybridized carbons (Fsp3) is 0. The van der Waals surface area contributed by atoms with Gasteiger partial charge in [0.05, 0.1) is 16.8 Å². The molecule has 1 aromatic heterocycles. The lowest BCUT2D eigenvalue weighted by atomic mass is 10.3. The highest BCUT2D eigenvalue weighted by molar-refractivity contribution is 6.33. The predicted molar refractivity (Wildman–Crippen MR) is 74.5 cm³/mol. The number of carbonyl (C=O) groups is 1. The van der Waals surface area contributed by atoms with Gasteiger partial charge in [0.25, 0.3) is 0 Å². The second-order valence-corrected chi connectivity index (χ2v) is 4.14. The number of para-hydroxylation sites is 1. The van der Waals surface area contributed by atoms with E-state index in [4.69, 9.17) is 16.0 Å². The molecule has 0 saturated carbocycles. The SMILES string of the molecule is O=C(C=Cc1ccc([N+](=O)[O-])o1)Nc1ccccc1Cl. The summed E-state index contributed by atoms with van der Waals surface area (Å²) in [5.74, 6) is -0.584. The highest BCUT2D eigenvalue weighted by Crippen LogP contribution is 2.20. The lowest BCUT2D eigenvalue weighted by molar-refractivity contribution is -0.402. The van der Waals surface area contributed by atoms with Gasteiger partial charge < -0.3 is 9.73 Å². The van der Waals surface area contributed by atoms with E-state index in [1.165, 1.54) is 24.3 Å². The minimum Gasteiger partial charge on any atom is -0.401 e. The maximum atomic E-state index is 11.6. The molecule has 2 rings (SSSR count). The zero-order chi connectivity index (χ0) is 14.5. The first-order valence-corrected chi connectivity index (χ1v) is 5.92. The predicted octanol–water partition coefficient (Wildman–Crippen LogP) is 3.49. The maximum Gasteiger partial charge on any atom is 0.433 e. The van der Waals surface area contributed by atoms with Crippen LogP contribution >= 0.6 is 11.6 Å². The van der Waals surface area contributed by atoms with Crippen LogP contribution in [0.15, 0.2) is 46.9 Å². The number of hydrogen-bond donors (Lipinski definition) is 1. The van der Waals surface area contributed by atoms with Crippen molar-refractivity contribution in [3.05, 3.63) is 63.4 Å². The van der Waals surface area contributed by atoms with Crippen LogP contribution in [0.2, 0.25) is 5.02 Å². The number of halogens is 1. The Hall–Kier alpha value is -2.60. The highest BCUT2D eigenvalue weighted by Gasteiger charge is 2.10. The standard InChI is InChI=1S/C13H9ClN2O4/c14-10-3-1-2-4-11(10)15-12(17)7-5-9-6-8-13(20-9)16(18)19/h1-8H,(H,15,17). The van der Waals surface area contributed by atoms with Crippen LogP contribution in [0.25, 0.3) is 6.08 Å². The zero-order valence-electron chi connectivity index (χ0n) is 10.1. The van der Waals surface area contributed by atoms with Crippen molar-refractivity contribution in [2.45, 2.75) is 0 Å². The smallest absolute Gasteiger partial charge is 0.401 e. The Morgan fingerprint density at radius 1 is 1.30 bits per heavy atom. The average molecular weight is 293 g/mol. The van der Waals surface area contributed by atoms with Crippen LogP contribution in [0.3, 0.4) is 0 Å². The second-order valence-electron chi connectivity index (χ2n) is 3.74. The molecule has 0 fully saturated rings. The number of amides is 1. The van der Waals surface area contributed by atoms with Crippen molar-refractivity contribution >= 4 is 35.2 Å². The van der Waals surface area contributed by atoms with Gasteiger partial charge in [-0.25, -0.2) is 0 Å². The summed E-state index contributed by atoms with van der Waals surface area (Å²) in [4.78, 5) is 21.4. The molecule has 1 heterocycles. The first kappa shape index (κ1) is 13.8. The first-order chi connectivity index (χ1) is 9.56. The number of benzene rings is 1. The molecule has 0 aliphatic rings. The fourth-order valence-corrected chi connectivity index (χ4v) is 1.61. The lowest BCUT2D eigenvalue weighted by Crippen LogP contribution is -2.07. The monoisotopic (exact) mass is 292 g/mol. The molecule has 0 atom stereocenters. The van der Waals surface area contributed by atoms with Gasteiger partial charge in [-0.15, -0.1) is 0 Å². The average Bonchev–Trinajstić information content (AvgIpc) is 2.88. The zero-order valence-corrected chi connectivity index (χ0v) is 10.8. The molecular weight excluding hydrogens is 284 g/mol. The molecule has 6 nitrogen and oxygen atoms in total. The van der Waals surface area contributed by atoms with E-state index in [-0.39, 0.29) is 11.6 Å². The van der Waals surface area contributed by atoms with E-state index in [0.29, 0.717) is 10.7 Å². The van der Waals surface area contributed by atoms with Crippen LogP contribution < -0.4 is 5.32 Å². The van der Waals surface area contributed by atoms with Gasteiger partial charge in [0.15, 0.2) is 0 Å². The van der Waals surface area contributed by atoms with E-state index in [1.54, 1.807) is 24.3 Å². The van der Waals surface area contributed by atoms with Gasteiger partial charge in [0.2, 0.25) is 5.91 Å². The summed E-state index contributed by atoms with van der Waals surface area (Å²) in [5, 5.41) is 13.4. The molecule has 0 aliphatic heterocycles. The Labute approximate surface area is 118 Å². The van der Waals surface area contributed by atoms with Crippen LogP contribution in [-0.4, -0.2) is 10.8 Å². The largest absolute Gasteiger partial charge is 0.433 e. The molecule has 0 saturated heterocycles. The Morgan fingerprint density at radius 3 is 2.70 bits per heavy atom. The molecule has 0 bridgehead atoms. The molecule has 0 aliphatic carbocycles. The van der Waals surface area contributed by atoms with Gasteiger partial charge in [0.1, 0.15) is 10.7 Å². The number of rotatable bonds is 4. The molecule has 1 aromatic carbocycles. The number of nitro groups is 1. The Balaban J connectivity index is 2.02. The normalized spacial score (nSPS) is 10.7. The Bertz CT molecular complexity index is 679. The molecule has 0 radical (unpaired) electrons. The Morgan fingerprint density at radius 2 is 2.05 bits per heavy atom. The number of nitrogens with one attached hydrogen (secondary N) is 1. The van der Waals surface area contributed by atoms with Crippen molar-refractivity contribution in [2.24, 2.45) is 0 Å². The third kappa shape index (κ3) is 3.46. The van der Waals surface area contributed by atoms with Gasteiger partial charge in [-0.3, -0.25) is 14.9 Å². The van der Waals surface area contributed by atoms with Crippen molar-refractivity contribution in [3.8, 4) is 0 Å². The number of anilines is 1. The molecule has 1 N–H and O–H groups in total. The summed E-state index contributed by atoms with van der Waals surface area (Å²) in [5.41, 5.74) is 0.481. The topological polar surface area (TPSA) is 85.4 Å². The number of nitrogens with zero attached hydrogens (tertiary/aromatic N) is 1. The van der Waals surface area contributed by atoms with Crippen LogP contribution in [-0.2, 0) is 4.79 Å². The van der Waals surface area contributed by atoms with Crippen molar-refractivity contribution in [2.75, 3.05) is 5.32 Å². The molecule has 1 amide bonds. The quantitative estimate of drug-likeness (QED) is 0.531. The summed E-state index contributed by atoms with van der Waals surface area (Å²) in [7, 11) is 0. The fourth-order valence-electron chi connectivity index (χ4n) is 1.42. The van der Waals surface area contributed by atoms with E-state index in [1.807, 2.05) is 0 Å². The van der Waals surface area contributed by atoms with E-state index < -0.39 is 10.8 Å². The van der Waals surface area contributed by atoms with Gasteiger partial charge in [-0.05, 0) is 24.3 Å². The van der Waals surface area contributed by atoms with E-state index in [2.05, 4.69) is 5.32 Å². The van der Waals surface area contributed by atoms with Crippen LogP contribution in [0.5, 0.6) is 0 Å². The summed E-state index contributed by atoms with van der Waals surface area (Å²) in [6, 6.07) is 9.41. The van der Waals surface area contributed by atoms with Crippen LogP contribution in [0.4, 0.5) is 11.6 Å². The minimum atomic E-state index is -0.652. The van der Waals surface area contributed by atoms with E-state index >= 15 is 0 Å². The number of carbonyl (C=O) groups excluding carboxylic acids is 1. The molecule has 2 aromatic rings. The van der Waals surface area contributed by atoms with Crippen molar-refractivity contribution in [1.82, 2.24) is 0 Å². The summed E-state index contributed by atoms with van der Waals surface area (Å²) in [6.07, 6.45) is 2.53. The lowest BCUT2D eigenvalue weighted by Gasteiger charge is -2.03. The van der Waals surface area contributed by atoms with Crippen molar-refractivity contribution in [3.63, 3.8) is 0 Å². The summed E-state index contributed by atoms with van der Waals surface area (Å²) >= 11 is 5.89. The van der Waals surface area contributed by atoms with Gasteiger partial charge in [-0.2, -0.15) is 0 Å². The van der Waals surface area contributed by atoms with Crippen LogP contribution in [0.1, 0.15) is 5.76 Å². The van der Waals surface area contributed by atoms with Gasteiger partial charge in [0, 0.05) is 6.08 Å². The third-order valence-corrected chi connectivity index (χ3v) is 2.65. The molecule has 0 unspecified atom stereocenters. The summed E-state index contributed by atoms with van der Waals surface area (Å²) < 4.78 is 4.88. The highest BCUT2D eigenvalue weighted by atomic mass is 35.5. The molecule has 0 spiro atoms. The van der Waals surface area contributed by atoms with Crippen LogP contribution in [0, 0.1) is 10.1 Å². The summed E-state index contributed by atoms with van der Waals surface area (Å²) in [6.45, 7) is 0. The second kappa shape index (κ2) is 6.03. The van der Waals surface area contributed by atoms with E-state index in [9.17, 15) is 14.9 Å². The van der Waals surface area contributed by atoms with E-state index in [0.717, 1.165) is 0 Å². The van der Waals surface area contributed by atoms with Gasteiger partial charge in [-0.1, -0.05) is 23.7 Å². The number of hydrogen-bond acceptors (Lipinski definition) is 4. The molecular formula is C13H9ClN2O4.